The lowest BCUT2D eigenvalue weighted by Crippen LogP contribution is -2.44. The van der Waals surface area contributed by atoms with Crippen LogP contribution in [0.15, 0.2) is 34.7 Å². The highest BCUT2D eigenvalue weighted by Crippen LogP contribution is 2.33. The molecule has 1 aromatic carbocycles. The number of benzene rings is 1. The molecular weight excluding hydrogens is 540 g/mol. The third-order valence-corrected chi connectivity index (χ3v) is 9.10. The van der Waals surface area contributed by atoms with Gasteiger partial charge >= 0.3 is 0 Å². The Hall–Kier alpha value is -3.61. The molecule has 0 saturated carbocycles. The summed E-state index contributed by atoms with van der Waals surface area (Å²) in [4.78, 5) is 26.7. The number of aromatic nitrogens is 2. The summed E-state index contributed by atoms with van der Waals surface area (Å²) >= 11 is 0. The van der Waals surface area contributed by atoms with E-state index in [4.69, 9.17) is 18.6 Å². The summed E-state index contributed by atoms with van der Waals surface area (Å²) < 4.78 is 22.5. The Morgan fingerprint density at radius 2 is 1.71 bits per heavy atom. The van der Waals surface area contributed by atoms with E-state index >= 15 is 0 Å². The molecular formula is C29H42N6O5Si. The first-order valence-corrected chi connectivity index (χ1v) is 17.4. The highest BCUT2D eigenvalue weighted by Gasteiger charge is 2.22. The van der Waals surface area contributed by atoms with Gasteiger partial charge in [0.15, 0.2) is 11.4 Å². The third kappa shape index (κ3) is 7.99. The molecule has 1 saturated heterocycles. The molecule has 0 atom stereocenters. The Morgan fingerprint density at radius 1 is 1.02 bits per heavy atom. The maximum absolute atomic E-state index is 13.1. The Morgan fingerprint density at radius 3 is 2.32 bits per heavy atom. The number of carbonyl (C=O) groups excluding carboxylic acids is 1. The number of furan rings is 1. The van der Waals surface area contributed by atoms with Crippen molar-refractivity contribution in [3.8, 4) is 23.5 Å². The highest BCUT2D eigenvalue weighted by molar-refractivity contribution is 6.88. The van der Waals surface area contributed by atoms with Gasteiger partial charge in [0.2, 0.25) is 17.7 Å². The van der Waals surface area contributed by atoms with Gasteiger partial charge in [-0.1, -0.05) is 37.0 Å². The van der Waals surface area contributed by atoms with E-state index in [1.54, 1.807) is 12.1 Å². The molecule has 1 aliphatic heterocycles. The number of anilines is 2. The van der Waals surface area contributed by atoms with Gasteiger partial charge in [-0.3, -0.25) is 4.79 Å². The topological polar surface area (TPSA) is 114 Å². The van der Waals surface area contributed by atoms with E-state index in [1.807, 2.05) is 13.0 Å². The monoisotopic (exact) mass is 582 g/mol. The molecule has 3 heterocycles. The van der Waals surface area contributed by atoms with Crippen molar-refractivity contribution in [2.24, 2.45) is 0 Å². The van der Waals surface area contributed by atoms with Gasteiger partial charge in [0.05, 0.1) is 22.3 Å². The largest absolute Gasteiger partial charge is 0.479 e. The van der Waals surface area contributed by atoms with Gasteiger partial charge in [0.25, 0.3) is 11.9 Å². The van der Waals surface area contributed by atoms with Crippen molar-refractivity contribution in [2.45, 2.75) is 33.0 Å². The standard InChI is InChI=1S/C29H42N6O5Si/c1-20-19-21(41(5,6)7)9-10-22(20)39-24-12-11-23(40-24)26(36)31-25-27(37-3)32-29(33-28(25)38-4)30-13-8-14-35-17-15-34(2)16-18-35/h9-12,19H,8,13-18H2,1-7H3,(H,31,36)(H,30,32,33). The molecule has 2 N–H and O–H groups in total. The Balaban J connectivity index is 1.38. The number of likely N-dealkylation sites (N-methyl/N-ethyl adjacent to an activating group) is 1. The summed E-state index contributed by atoms with van der Waals surface area (Å²) in [5.74, 6) is 1.15. The maximum Gasteiger partial charge on any atom is 0.291 e. The summed E-state index contributed by atoms with van der Waals surface area (Å²) in [5.41, 5.74) is 1.21. The molecule has 1 amide bonds. The van der Waals surface area contributed by atoms with E-state index < -0.39 is 14.0 Å². The van der Waals surface area contributed by atoms with Crippen LogP contribution in [-0.2, 0) is 0 Å². The predicted octanol–water partition coefficient (Wildman–Crippen LogP) is 4.03. The van der Waals surface area contributed by atoms with E-state index in [-0.39, 0.29) is 29.2 Å². The van der Waals surface area contributed by atoms with Gasteiger partial charge in [-0.15, -0.1) is 0 Å². The lowest BCUT2D eigenvalue weighted by atomic mass is 10.2. The van der Waals surface area contributed by atoms with Crippen molar-refractivity contribution in [3.63, 3.8) is 0 Å². The van der Waals surface area contributed by atoms with Crippen molar-refractivity contribution in [1.82, 2.24) is 19.8 Å². The Labute approximate surface area is 243 Å². The maximum atomic E-state index is 13.1. The average molecular weight is 583 g/mol. The van der Waals surface area contributed by atoms with Crippen molar-refractivity contribution in [1.29, 1.82) is 0 Å². The quantitative estimate of drug-likeness (QED) is 0.240. The number of piperazine rings is 1. The first-order valence-electron chi connectivity index (χ1n) is 13.9. The molecule has 11 nitrogen and oxygen atoms in total. The summed E-state index contributed by atoms with van der Waals surface area (Å²) in [5, 5.41) is 7.33. The van der Waals surface area contributed by atoms with Crippen LogP contribution in [0.25, 0.3) is 0 Å². The summed E-state index contributed by atoms with van der Waals surface area (Å²) in [6.07, 6.45) is 0.946. The smallest absolute Gasteiger partial charge is 0.291 e. The first-order chi connectivity index (χ1) is 19.6. The number of methoxy groups -OCH3 is 2. The minimum atomic E-state index is -1.43. The second-order valence-corrected chi connectivity index (χ2v) is 16.3. The number of ether oxygens (including phenoxy) is 3. The van der Waals surface area contributed by atoms with Gasteiger partial charge in [0.1, 0.15) is 5.75 Å². The molecule has 0 bridgehead atoms. The number of hydrogen-bond donors (Lipinski definition) is 2. The zero-order chi connectivity index (χ0) is 29.6. The Bertz CT molecular complexity index is 1310. The van der Waals surface area contributed by atoms with Crippen molar-refractivity contribution in [3.05, 3.63) is 41.7 Å². The minimum Gasteiger partial charge on any atom is -0.479 e. The van der Waals surface area contributed by atoms with Crippen molar-refractivity contribution in [2.75, 3.05) is 71.2 Å². The number of amides is 1. The zero-order valence-corrected chi connectivity index (χ0v) is 26.2. The molecule has 2 aromatic heterocycles. The number of aryl methyl sites for hydroxylation is 1. The van der Waals surface area contributed by atoms with Crippen molar-refractivity contribution < 1.29 is 23.4 Å². The van der Waals surface area contributed by atoms with Crippen LogP contribution in [0.5, 0.6) is 23.5 Å². The highest BCUT2D eigenvalue weighted by atomic mass is 28.3. The predicted molar refractivity (Wildman–Crippen MR) is 163 cm³/mol. The summed E-state index contributed by atoms with van der Waals surface area (Å²) in [6.45, 7) is 14.9. The lowest BCUT2D eigenvalue weighted by Gasteiger charge is -2.32. The van der Waals surface area contributed by atoms with Gasteiger partial charge < -0.3 is 39.1 Å². The molecule has 0 spiro atoms. The second-order valence-electron chi connectivity index (χ2n) is 11.3. The fourth-order valence-electron chi connectivity index (χ4n) is 4.49. The molecule has 0 radical (unpaired) electrons. The average Bonchev–Trinajstić information content (AvgIpc) is 3.41. The van der Waals surface area contributed by atoms with Crippen LogP contribution in [0.4, 0.5) is 11.6 Å². The van der Waals surface area contributed by atoms with Gasteiger partial charge in [0, 0.05) is 38.8 Å². The number of rotatable bonds is 12. The van der Waals surface area contributed by atoms with Crippen LogP contribution in [0.1, 0.15) is 22.5 Å². The van der Waals surface area contributed by atoms with Gasteiger partial charge in [-0.05, 0) is 44.6 Å². The van der Waals surface area contributed by atoms with Gasteiger partial charge in [-0.25, -0.2) is 0 Å². The number of nitrogens with zero attached hydrogens (tertiary/aromatic N) is 4. The zero-order valence-electron chi connectivity index (χ0n) is 25.2. The fourth-order valence-corrected chi connectivity index (χ4v) is 5.72. The molecule has 222 valence electrons. The summed E-state index contributed by atoms with van der Waals surface area (Å²) in [7, 11) is 3.67. The van der Waals surface area contributed by atoms with Crippen LogP contribution in [0.2, 0.25) is 19.6 Å². The number of carbonyl (C=O) groups is 1. The molecule has 1 fully saturated rings. The molecule has 12 heteroatoms. The second kappa shape index (κ2) is 13.4. The first kappa shape index (κ1) is 30.3. The normalized spacial score (nSPS) is 14.5. The molecule has 41 heavy (non-hydrogen) atoms. The molecule has 0 unspecified atom stereocenters. The molecule has 4 rings (SSSR count). The van der Waals surface area contributed by atoms with Crippen LogP contribution in [-0.4, -0.2) is 94.3 Å². The number of nitrogens with one attached hydrogen (secondary N) is 2. The third-order valence-electron chi connectivity index (χ3n) is 7.05. The van der Waals surface area contributed by atoms with Crippen molar-refractivity contribution >= 4 is 30.8 Å². The number of hydrogen-bond acceptors (Lipinski definition) is 10. The van der Waals surface area contributed by atoms with E-state index in [2.05, 4.69) is 69.2 Å². The minimum absolute atomic E-state index is 0.0617. The molecule has 3 aromatic rings. The van der Waals surface area contributed by atoms with Crippen LogP contribution < -0.4 is 30.0 Å². The summed E-state index contributed by atoms with van der Waals surface area (Å²) in [6, 6.07) is 9.35. The van der Waals surface area contributed by atoms with E-state index in [1.165, 1.54) is 19.4 Å². The van der Waals surface area contributed by atoms with Gasteiger partial charge in [-0.2, -0.15) is 9.97 Å². The lowest BCUT2D eigenvalue weighted by molar-refractivity contribution is 0.0990. The SMILES string of the molecule is COc1nc(NCCCN2CCN(C)CC2)nc(OC)c1NC(=O)c1ccc(Oc2ccc([Si](C)(C)C)cc2C)o1. The molecule has 0 aliphatic carbocycles. The Kier molecular flexibility index (Phi) is 9.89. The van der Waals surface area contributed by atoms with E-state index in [0.717, 1.165) is 44.7 Å². The fraction of sp³-hybridized carbons (Fsp3) is 0.483. The van der Waals surface area contributed by atoms with Crippen LogP contribution in [0.3, 0.4) is 0 Å². The van der Waals surface area contributed by atoms with Crippen LogP contribution in [0, 0.1) is 6.92 Å². The van der Waals surface area contributed by atoms with E-state index in [0.29, 0.717) is 18.2 Å². The van der Waals surface area contributed by atoms with E-state index in [9.17, 15) is 4.79 Å². The van der Waals surface area contributed by atoms with Crippen LogP contribution >= 0.6 is 0 Å². The molecule has 1 aliphatic rings.